The first kappa shape index (κ1) is 21.1. The Morgan fingerprint density at radius 2 is 1.89 bits per heavy atom. The molecule has 1 aromatic heterocycles. The second-order valence-electron chi connectivity index (χ2n) is 5.32. The zero-order valence-corrected chi connectivity index (χ0v) is 15.8. The number of carbonyl (C=O) groups is 3. The van der Waals surface area contributed by atoms with Crippen LogP contribution in [0.2, 0.25) is 0 Å². The highest BCUT2D eigenvalue weighted by molar-refractivity contribution is 7.99. The van der Waals surface area contributed by atoms with Gasteiger partial charge >= 0.3 is 5.97 Å². The fourth-order valence-corrected chi connectivity index (χ4v) is 2.61. The number of aromatic amines is 1. The lowest BCUT2D eigenvalue weighted by Gasteiger charge is -2.12. The van der Waals surface area contributed by atoms with E-state index >= 15 is 0 Å². The molecule has 0 spiro atoms. The summed E-state index contributed by atoms with van der Waals surface area (Å²) < 4.78 is 17.5. The highest BCUT2D eigenvalue weighted by atomic mass is 32.2. The number of ether oxygens (including phenoxy) is 1. The maximum Gasteiger partial charge on any atom is 0.316 e. The Morgan fingerprint density at radius 3 is 2.50 bits per heavy atom. The number of halogens is 1. The molecule has 2 aromatic rings. The van der Waals surface area contributed by atoms with Gasteiger partial charge in [-0.3, -0.25) is 24.2 Å². The van der Waals surface area contributed by atoms with E-state index in [0.717, 1.165) is 23.9 Å². The van der Waals surface area contributed by atoms with Gasteiger partial charge in [-0.15, -0.1) is 0 Å². The molecular weight excluding hydrogens is 391 g/mol. The van der Waals surface area contributed by atoms with Gasteiger partial charge in [0.2, 0.25) is 5.91 Å². The SMILES string of the molecule is CCC(=O)Nc1nc(SCC(=O)OC)[nH]c(=O)c1NC(=O)c1ccc(F)cc1. The summed E-state index contributed by atoms with van der Waals surface area (Å²) in [6.45, 7) is 1.60. The molecule has 0 atom stereocenters. The summed E-state index contributed by atoms with van der Waals surface area (Å²) >= 11 is 0.895. The summed E-state index contributed by atoms with van der Waals surface area (Å²) in [5.41, 5.74) is -0.902. The van der Waals surface area contributed by atoms with Crippen LogP contribution in [0.25, 0.3) is 0 Å². The van der Waals surface area contributed by atoms with Gasteiger partial charge in [-0.1, -0.05) is 18.7 Å². The monoisotopic (exact) mass is 408 g/mol. The largest absolute Gasteiger partial charge is 0.468 e. The third kappa shape index (κ3) is 5.64. The van der Waals surface area contributed by atoms with Gasteiger partial charge < -0.3 is 15.4 Å². The van der Waals surface area contributed by atoms with Crippen LogP contribution in [0.15, 0.2) is 34.2 Å². The summed E-state index contributed by atoms with van der Waals surface area (Å²) in [6, 6.07) is 4.70. The molecule has 28 heavy (non-hydrogen) atoms. The average molecular weight is 408 g/mol. The molecule has 0 radical (unpaired) electrons. The van der Waals surface area contributed by atoms with Crippen molar-refractivity contribution in [3.8, 4) is 0 Å². The Balaban J connectivity index is 2.33. The van der Waals surface area contributed by atoms with E-state index in [1.807, 2.05) is 0 Å². The van der Waals surface area contributed by atoms with E-state index in [1.54, 1.807) is 6.92 Å². The van der Waals surface area contributed by atoms with Crippen LogP contribution in [-0.2, 0) is 14.3 Å². The Bertz CT molecular complexity index is 946. The van der Waals surface area contributed by atoms with Crippen molar-refractivity contribution in [2.75, 3.05) is 23.5 Å². The average Bonchev–Trinajstić information content (AvgIpc) is 2.68. The van der Waals surface area contributed by atoms with E-state index in [9.17, 15) is 23.6 Å². The Labute approximate surface area is 163 Å². The smallest absolute Gasteiger partial charge is 0.316 e. The van der Waals surface area contributed by atoms with Gasteiger partial charge in [0.15, 0.2) is 16.7 Å². The molecule has 0 fully saturated rings. The number of benzene rings is 1. The molecule has 0 aliphatic carbocycles. The molecule has 0 saturated carbocycles. The Hall–Kier alpha value is -3.21. The van der Waals surface area contributed by atoms with Crippen LogP contribution in [0.4, 0.5) is 15.9 Å². The predicted octanol–water partition coefficient (Wildman–Crippen LogP) is 1.77. The van der Waals surface area contributed by atoms with Gasteiger partial charge in [0, 0.05) is 12.0 Å². The minimum Gasteiger partial charge on any atom is -0.468 e. The van der Waals surface area contributed by atoms with E-state index in [2.05, 4.69) is 25.3 Å². The van der Waals surface area contributed by atoms with E-state index in [4.69, 9.17) is 0 Å². The highest BCUT2D eigenvalue weighted by Crippen LogP contribution is 2.20. The third-order valence-corrected chi connectivity index (χ3v) is 4.22. The zero-order valence-electron chi connectivity index (χ0n) is 15.0. The van der Waals surface area contributed by atoms with Crippen LogP contribution in [0.5, 0.6) is 0 Å². The van der Waals surface area contributed by atoms with Crippen LogP contribution in [0, 0.1) is 5.82 Å². The number of nitrogens with zero attached hydrogens (tertiary/aromatic N) is 1. The quantitative estimate of drug-likeness (QED) is 0.362. The maximum absolute atomic E-state index is 13.0. The summed E-state index contributed by atoms with van der Waals surface area (Å²) in [7, 11) is 1.22. The van der Waals surface area contributed by atoms with Gasteiger partial charge in [-0.2, -0.15) is 0 Å². The lowest BCUT2D eigenvalue weighted by atomic mass is 10.2. The molecule has 0 aliphatic heterocycles. The van der Waals surface area contributed by atoms with Crippen LogP contribution in [0.1, 0.15) is 23.7 Å². The zero-order chi connectivity index (χ0) is 20.7. The second-order valence-corrected chi connectivity index (χ2v) is 6.29. The van der Waals surface area contributed by atoms with Crippen LogP contribution >= 0.6 is 11.8 Å². The van der Waals surface area contributed by atoms with Crippen molar-refractivity contribution in [1.82, 2.24) is 9.97 Å². The molecule has 2 amide bonds. The number of methoxy groups -OCH3 is 1. The topological polar surface area (TPSA) is 130 Å². The van der Waals surface area contributed by atoms with Crippen molar-refractivity contribution in [2.24, 2.45) is 0 Å². The second kappa shape index (κ2) is 9.65. The number of H-pyrrole nitrogens is 1. The number of amides is 2. The molecule has 0 bridgehead atoms. The number of rotatable bonds is 7. The normalized spacial score (nSPS) is 10.2. The number of anilines is 2. The van der Waals surface area contributed by atoms with Gasteiger partial charge in [-0.25, -0.2) is 9.37 Å². The van der Waals surface area contributed by atoms with Crippen molar-refractivity contribution in [3.05, 3.63) is 46.0 Å². The first-order valence-corrected chi connectivity index (χ1v) is 9.03. The first-order valence-electron chi connectivity index (χ1n) is 8.04. The van der Waals surface area contributed by atoms with Crippen LogP contribution < -0.4 is 16.2 Å². The molecule has 3 N–H and O–H groups in total. The summed E-state index contributed by atoms with van der Waals surface area (Å²) in [6.07, 6.45) is 0.116. The number of thioether (sulfide) groups is 1. The number of esters is 1. The number of aromatic nitrogens is 2. The molecule has 0 unspecified atom stereocenters. The third-order valence-electron chi connectivity index (χ3n) is 3.38. The summed E-state index contributed by atoms with van der Waals surface area (Å²) in [5, 5.41) is 4.86. The Morgan fingerprint density at radius 1 is 1.21 bits per heavy atom. The first-order chi connectivity index (χ1) is 13.3. The van der Waals surface area contributed by atoms with E-state index < -0.39 is 29.2 Å². The molecule has 1 aromatic carbocycles. The highest BCUT2D eigenvalue weighted by Gasteiger charge is 2.18. The maximum atomic E-state index is 13.0. The molecule has 0 aliphatic rings. The predicted molar refractivity (Wildman–Crippen MR) is 101 cm³/mol. The van der Waals surface area contributed by atoms with Gasteiger partial charge in [0.05, 0.1) is 12.9 Å². The number of carbonyl (C=O) groups excluding carboxylic acids is 3. The minimum atomic E-state index is -0.732. The van der Waals surface area contributed by atoms with Crippen LogP contribution in [-0.4, -0.2) is 40.6 Å². The van der Waals surface area contributed by atoms with Crippen molar-refractivity contribution in [1.29, 1.82) is 0 Å². The summed E-state index contributed by atoms with van der Waals surface area (Å²) in [4.78, 5) is 54.3. The summed E-state index contributed by atoms with van der Waals surface area (Å²) in [5.74, 6) is -2.44. The number of hydrogen-bond acceptors (Lipinski definition) is 7. The van der Waals surface area contributed by atoms with Gasteiger partial charge in [0.1, 0.15) is 5.82 Å². The fraction of sp³-hybridized carbons (Fsp3) is 0.235. The standard InChI is InChI=1S/C17H17FN4O5S/c1-3-11(23)19-14-13(20-15(25)9-4-6-10(18)7-5-9)16(26)22-17(21-14)28-8-12(24)27-2/h4-7H,3,8H2,1-2H3,(H,20,25)(H2,19,21,22,23,26). The molecule has 0 saturated heterocycles. The van der Waals surface area contributed by atoms with Crippen molar-refractivity contribution in [3.63, 3.8) is 0 Å². The van der Waals surface area contributed by atoms with Crippen molar-refractivity contribution < 1.29 is 23.5 Å². The molecular formula is C17H17FN4O5S. The van der Waals surface area contributed by atoms with E-state index in [0.29, 0.717) is 0 Å². The van der Waals surface area contributed by atoms with Gasteiger partial charge in [0.25, 0.3) is 11.5 Å². The molecule has 11 heteroatoms. The van der Waals surface area contributed by atoms with Crippen molar-refractivity contribution >= 4 is 41.1 Å². The van der Waals surface area contributed by atoms with Crippen molar-refractivity contribution in [2.45, 2.75) is 18.5 Å². The van der Waals surface area contributed by atoms with E-state index in [1.165, 1.54) is 19.2 Å². The lowest BCUT2D eigenvalue weighted by Crippen LogP contribution is -2.25. The molecule has 9 nitrogen and oxygen atoms in total. The minimum absolute atomic E-state index is 0.0570. The van der Waals surface area contributed by atoms with Crippen LogP contribution in [0.3, 0.4) is 0 Å². The van der Waals surface area contributed by atoms with E-state index in [-0.39, 0.29) is 34.4 Å². The fourth-order valence-electron chi connectivity index (χ4n) is 1.92. The Kier molecular flexibility index (Phi) is 7.27. The number of hydrogen-bond donors (Lipinski definition) is 3. The van der Waals surface area contributed by atoms with Gasteiger partial charge in [-0.05, 0) is 24.3 Å². The molecule has 148 valence electrons. The number of nitrogens with one attached hydrogen (secondary N) is 3. The lowest BCUT2D eigenvalue weighted by molar-refractivity contribution is -0.137. The molecule has 1 heterocycles. The molecule has 2 rings (SSSR count).